The Balaban J connectivity index is 1.67. The van der Waals surface area contributed by atoms with Crippen molar-refractivity contribution in [1.29, 1.82) is 0 Å². The molecule has 1 aromatic heterocycles. The van der Waals surface area contributed by atoms with Crippen LogP contribution in [0, 0.1) is 0 Å². The van der Waals surface area contributed by atoms with E-state index in [-0.39, 0.29) is 5.56 Å². The van der Waals surface area contributed by atoms with Gasteiger partial charge in [-0.2, -0.15) is 0 Å². The molecule has 0 aliphatic rings. The Bertz CT molecular complexity index is 1650. The van der Waals surface area contributed by atoms with Gasteiger partial charge in [0.25, 0.3) is 5.56 Å². The van der Waals surface area contributed by atoms with E-state index >= 15 is 0 Å². The molecule has 0 fully saturated rings. The molecule has 0 saturated heterocycles. The highest BCUT2D eigenvalue weighted by Crippen LogP contribution is 2.35. The average Bonchev–Trinajstić information content (AvgIpc) is 3.00. The molecule has 0 amide bonds. The molecule has 6 nitrogen and oxygen atoms in total. The maximum absolute atomic E-state index is 14.1. The summed E-state index contributed by atoms with van der Waals surface area (Å²) in [5.74, 6) is 1.28. The van der Waals surface area contributed by atoms with Gasteiger partial charge in [0.15, 0.2) is 0 Å². The monoisotopic (exact) mass is 567 g/mol. The van der Waals surface area contributed by atoms with E-state index in [2.05, 4.69) is 12.1 Å². The van der Waals surface area contributed by atoms with Crippen LogP contribution in [0.25, 0.3) is 16.6 Å². The molecule has 1 N–H and O–H groups in total. The van der Waals surface area contributed by atoms with Gasteiger partial charge < -0.3 is 9.84 Å². The Labute approximate surface area is 245 Å². The molecule has 0 aliphatic carbocycles. The third-order valence-electron chi connectivity index (χ3n) is 7.29. The Morgan fingerprint density at radius 1 is 0.902 bits per heavy atom. The molecule has 0 saturated carbocycles. The lowest BCUT2D eigenvalue weighted by molar-refractivity contribution is -0.0322. The van der Waals surface area contributed by atoms with Crippen LogP contribution in [0.5, 0.6) is 5.75 Å². The molecule has 41 heavy (non-hydrogen) atoms. The number of halogens is 1. The van der Waals surface area contributed by atoms with Crippen molar-refractivity contribution in [3.8, 4) is 11.4 Å². The molecule has 0 bridgehead atoms. The zero-order chi connectivity index (χ0) is 28.8. The molecule has 4 aromatic carbocycles. The number of nitrogens with zero attached hydrogens (tertiary/aromatic N) is 3. The molecule has 5 aromatic rings. The topological polar surface area (TPSA) is 67.6 Å². The van der Waals surface area contributed by atoms with Gasteiger partial charge in [0.05, 0.1) is 29.2 Å². The van der Waals surface area contributed by atoms with Crippen LogP contribution in [0.4, 0.5) is 0 Å². The summed E-state index contributed by atoms with van der Waals surface area (Å²) >= 11 is 6.58. The quantitative estimate of drug-likeness (QED) is 0.172. The van der Waals surface area contributed by atoms with E-state index in [4.69, 9.17) is 21.3 Å². The van der Waals surface area contributed by atoms with Gasteiger partial charge in [0, 0.05) is 17.1 Å². The zero-order valence-corrected chi connectivity index (χ0v) is 24.0. The first kappa shape index (κ1) is 28.6. The summed E-state index contributed by atoms with van der Waals surface area (Å²) in [6.45, 7) is 5.05. The van der Waals surface area contributed by atoms with Crippen molar-refractivity contribution in [2.24, 2.45) is 0 Å². The predicted octanol–water partition coefficient (Wildman–Crippen LogP) is 7.12. The number of aliphatic hydroxyl groups excluding tert-OH is 1. The lowest BCUT2D eigenvalue weighted by Gasteiger charge is -2.36. The van der Waals surface area contributed by atoms with E-state index < -0.39 is 12.3 Å². The first-order chi connectivity index (χ1) is 20.0. The molecule has 5 rings (SSSR count). The highest BCUT2D eigenvalue weighted by molar-refractivity contribution is 6.31. The van der Waals surface area contributed by atoms with Crippen LogP contribution in [0.3, 0.4) is 0 Å². The molecule has 0 spiro atoms. The first-order valence-electron chi connectivity index (χ1n) is 14.0. The Kier molecular flexibility index (Phi) is 9.14. The van der Waals surface area contributed by atoms with Gasteiger partial charge in [-0.3, -0.25) is 14.3 Å². The van der Waals surface area contributed by atoms with Crippen LogP contribution in [-0.2, 0) is 6.42 Å². The summed E-state index contributed by atoms with van der Waals surface area (Å²) in [5.41, 5.74) is 2.89. The van der Waals surface area contributed by atoms with E-state index in [1.807, 2.05) is 97.6 Å². The van der Waals surface area contributed by atoms with Crippen molar-refractivity contribution in [2.45, 2.75) is 39.0 Å². The fourth-order valence-electron chi connectivity index (χ4n) is 5.26. The van der Waals surface area contributed by atoms with Crippen LogP contribution in [-0.4, -0.2) is 32.7 Å². The second kappa shape index (κ2) is 13.1. The van der Waals surface area contributed by atoms with Gasteiger partial charge >= 0.3 is 0 Å². The molecule has 2 unspecified atom stereocenters. The molecular weight excluding hydrogens is 534 g/mol. The molecule has 1 heterocycles. The third kappa shape index (κ3) is 6.20. The van der Waals surface area contributed by atoms with Gasteiger partial charge in [0.1, 0.15) is 17.8 Å². The van der Waals surface area contributed by atoms with Crippen LogP contribution in [0.15, 0.2) is 108 Å². The summed E-state index contributed by atoms with van der Waals surface area (Å²) in [7, 11) is 0. The Hall–Kier alpha value is -3.97. The summed E-state index contributed by atoms with van der Waals surface area (Å²) < 4.78 is 7.31. The van der Waals surface area contributed by atoms with Crippen molar-refractivity contribution in [2.75, 3.05) is 13.2 Å². The molecule has 2 atom stereocenters. The van der Waals surface area contributed by atoms with Crippen LogP contribution >= 0.6 is 11.6 Å². The van der Waals surface area contributed by atoms with E-state index in [1.165, 1.54) is 0 Å². The van der Waals surface area contributed by atoms with Crippen LogP contribution < -0.4 is 10.3 Å². The number of fused-ring (bicyclic) bond motifs is 1. The number of para-hydroxylation sites is 1. The van der Waals surface area contributed by atoms with Crippen molar-refractivity contribution in [3.05, 3.63) is 135 Å². The minimum absolute atomic E-state index is 0.163. The number of aliphatic hydroxyl groups is 1. The second-order valence-corrected chi connectivity index (χ2v) is 10.3. The molecule has 0 aliphatic heterocycles. The zero-order valence-electron chi connectivity index (χ0n) is 23.3. The molecule has 0 radical (unpaired) electrons. The normalized spacial score (nSPS) is 12.9. The van der Waals surface area contributed by atoms with Gasteiger partial charge in [-0.25, -0.2) is 4.98 Å². The third-order valence-corrected chi connectivity index (χ3v) is 7.64. The van der Waals surface area contributed by atoms with Crippen molar-refractivity contribution in [3.63, 3.8) is 0 Å². The molecule has 7 heteroatoms. The van der Waals surface area contributed by atoms with Crippen molar-refractivity contribution < 1.29 is 9.84 Å². The summed E-state index contributed by atoms with van der Waals surface area (Å²) in [6.07, 6.45) is 0.271. The maximum Gasteiger partial charge on any atom is 0.266 e. The van der Waals surface area contributed by atoms with E-state index in [0.29, 0.717) is 59.0 Å². The second-order valence-electron chi connectivity index (χ2n) is 9.85. The average molecular weight is 568 g/mol. The lowest BCUT2D eigenvalue weighted by atomic mass is 10.0. The number of hydrogen-bond donors (Lipinski definition) is 1. The summed E-state index contributed by atoms with van der Waals surface area (Å²) in [6, 6.07) is 31.9. The van der Waals surface area contributed by atoms with Gasteiger partial charge in [-0.05, 0) is 67.8 Å². The fraction of sp³-hybridized carbons (Fsp3) is 0.235. The van der Waals surface area contributed by atoms with E-state index in [0.717, 1.165) is 11.3 Å². The SMILES string of the molecule is CCOc1ccc(-n2c(C(CC)N(CCc3ccccc3)C(O)c3ccccc3Cl)nc3ccccc3c2=O)cc1. The smallest absolute Gasteiger partial charge is 0.266 e. The minimum atomic E-state index is -1.02. The number of rotatable bonds is 11. The number of aromatic nitrogens is 2. The first-order valence-corrected chi connectivity index (χ1v) is 14.4. The Morgan fingerprint density at radius 2 is 1.59 bits per heavy atom. The minimum Gasteiger partial charge on any atom is -0.494 e. The highest BCUT2D eigenvalue weighted by Gasteiger charge is 2.31. The maximum atomic E-state index is 14.1. The molecular formula is C34H34ClN3O3. The standard InChI is InChI=1S/C34H34ClN3O3/c1-3-31(37(23-22-24-12-6-5-7-13-24)33(39)27-14-8-10-16-29(27)35)32-36-30-17-11-9-15-28(30)34(40)38(32)25-18-20-26(21-19-25)41-4-2/h5-21,31,33,39H,3-4,22-23H2,1-2H3. The predicted molar refractivity (Wildman–Crippen MR) is 165 cm³/mol. The summed E-state index contributed by atoms with van der Waals surface area (Å²) in [4.78, 5) is 21.1. The lowest BCUT2D eigenvalue weighted by Crippen LogP contribution is -2.38. The summed E-state index contributed by atoms with van der Waals surface area (Å²) in [5, 5.41) is 12.9. The highest BCUT2D eigenvalue weighted by atomic mass is 35.5. The van der Waals surface area contributed by atoms with Gasteiger partial charge in [-0.15, -0.1) is 0 Å². The number of hydrogen-bond acceptors (Lipinski definition) is 5. The fourth-order valence-corrected chi connectivity index (χ4v) is 5.49. The van der Waals surface area contributed by atoms with Crippen LogP contribution in [0.2, 0.25) is 5.02 Å². The molecule has 210 valence electrons. The Morgan fingerprint density at radius 3 is 2.29 bits per heavy atom. The van der Waals surface area contributed by atoms with Gasteiger partial charge in [0.2, 0.25) is 0 Å². The van der Waals surface area contributed by atoms with E-state index in [1.54, 1.807) is 16.7 Å². The van der Waals surface area contributed by atoms with Gasteiger partial charge in [-0.1, -0.05) is 79.2 Å². The van der Waals surface area contributed by atoms with Crippen molar-refractivity contribution >= 4 is 22.5 Å². The van der Waals surface area contributed by atoms with Crippen LogP contribution in [0.1, 0.15) is 49.5 Å². The van der Waals surface area contributed by atoms with E-state index in [9.17, 15) is 9.90 Å². The number of benzene rings is 4. The largest absolute Gasteiger partial charge is 0.494 e. The number of ether oxygens (including phenoxy) is 1. The van der Waals surface area contributed by atoms with Crippen molar-refractivity contribution in [1.82, 2.24) is 14.5 Å².